The Kier molecular flexibility index (Phi) is 30.7. The molecule has 0 amide bonds. The van der Waals surface area contributed by atoms with Gasteiger partial charge in [0.15, 0.2) is 0 Å². The molecule has 0 aromatic heterocycles. The average Bonchev–Trinajstić information content (AvgIpc) is 2.90. The lowest BCUT2D eigenvalue weighted by atomic mass is 10.0. The summed E-state index contributed by atoms with van der Waals surface area (Å²) in [6, 6.07) is 0. The largest absolute Gasteiger partial charge is 0.466 e. The van der Waals surface area contributed by atoms with Gasteiger partial charge in [-0.1, -0.05) is 154 Å². The lowest BCUT2D eigenvalue weighted by molar-refractivity contribution is -0.143. The van der Waals surface area contributed by atoms with Gasteiger partial charge in [-0.15, -0.1) is 0 Å². The molecule has 3 heteroatoms. The number of hydrogen-bond acceptors (Lipinski definition) is 3. The van der Waals surface area contributed by atoms with Gasteiger partial charge in [-0.05, 0) is 38.5 Å². The van der Waals surface area contributed by atoms with Crippen LogP contribution in [0.4, 0.5) is 0 Å². The fourth-order valence-electron chi connectivity index (χ4n) is 4.91. The van der Waals surface area contributed by atoms with Crippen molar-refractivity contribution in [1.82, 2.24) is 0 Å². The lowest BCUT2D eigenvalue weighted by Gasteiger charge is -2.07. The van der Waals surface area contributed by atoms with E-state index in [-0.39, 0.29) is 12.1 Å². The van der Waals surface area contributed by atoms with Crippen LogP contribution in [0.25, 0.3) is 0 Å². The smallest absolute Gasteiger partial charge is 0.305 e. The number of ether oxygens (including phenoxy) is 1. The van der Waals surface area contributed by atoms with E-state index >= 15 is 0 Å². The Bertz CT molecular complexity index is 474. The molecule has 1 N–H and O–H groups in total. The van der Waals surface area contributed by atoms with Gasteiger partial charge in [0.25, 0.3) is 0 Å². The highest BCUT2D eigenvalue weighted by Gasteiger charge is 2.03. The molecule has 0 spiro atoms. The minimum Gasteiger partial charge on any atom is -0.466 e. The normalized spacial score (nSPS) is 12.4. The molecule has 1 atom stereocenters. The highest BCUT2D eigenvalue weighted by atomic mass is 16.5. The van der Waals surface area contributed by atoms with Crippen molar-refractivity contribution >= 4 is 5.97 Å². The summed E-state index contributed by atoms with van der Waals surface area (Å²) in [6.45, 7) is 5.11. The van der Waals surface area contributed by atoms with Crippen LogP contribution in [0.1, 0.15) is 187 Å². The second kappa shape index (κ2) is 31.4. The zero-order valence-corrected chi connectivity index (χ0v) is 25.3. The van der Waals surface area contributed by atoms with E-state index in [1.165, 1.54) is 122 Å². The first-order valence-electron chi connectivity index (χ1n) is 16.7. The molecule has 0 saturated heterocycles. The van der Waals surface area contributed by atoms with E-state index in [4.69, 9.17) is 4.74 Å². The van der Waals surface area contributed by atoms with Crippen LogP contribution in [-0.4, -0.2) is 23.8 Å². The van der Waals surface area contributed by atoms with E-state index in [0.29, 0.717) is 13.0 Å². The SMILES string of the molecule is CCCCCCCCCCCCCCCCOC(=O)CCCCCCC/C=C/CC(O)CCCCCC. The number of carbonyl (C=O) groups excluding carboxylic acids is 1. The Labute approximate surface area is 232 Å². The monoisotopic (exact) mass is 523 g/mol. The van der Waals surface area contributed by atoms with E-state index in [2.05, 4.69) is 26.0 Å². The van der Waals surface area contributed by atoms with Crippen LogP contribution < -0.4 is 0 Å². The maximum Gasteiger partial charge on any atom is 0.305 e. The third kappa shape index (κ3) is 31.3. The number of esters is 1. The molecule has 1 unspecified atom stereocenters. The van der Waals surface area contributed by atoms with Crippen molar-refractivity contribution in [2.45, 2.75) is 193 Å². The first-order chi connectivity index (χ1) is 18.2. The molecule has 37 heavy (non-hydrogen) atoms. The quantitative estimate of drug-likeness (QED) is 0.0579. The van der Waals surface area contributed by atoms with Gasteiger partial charge in [0.05, 0.1) is 12.7 Å². The number of hydrogen-bond donors (Lipinski definition) is 1. The summed E-state index contributed by atoms with van der Waals surface area (Å²) < 4.78 is 5.41. The molecule has 3 nitrogen and oxygen atoms in total. The topological polar surface area (TPSA) is 46.5 Å². The molecule has 0 saturated carbocycles. The third-order valence-corrected chi connectivity index (χ3v) is 7.48. The highest BCUT2D eigenvalue weighted by Crippen LogP contribution is 2.14. The number of aliphatic hydroxyl groups is 1. The van der Waals surface area contributed by atoms with Crippen LogP contribution >= 0.6 is 0 Å². The Morgan fingerprint density at radius 2 is 1.05 bits per heavy atom. The van der Waals surface area contributed by atoms with Crippen LogP contribution in [0.15, 0.2) is 12.2 Å². The minimum absolute atomic E-state index is 0.00845. The first kappa shape index (κ1) is 36.2. The van der Waals surface area contributed by atoms with E-state index in [0.717, 1.165) is 44.9 Å². The van der Waals surface area contributed by atoms with E-state index in [1.807, 2.05) is 0 Å². The number of allylic oxidation sites excluding steroid dienone is 1. The van der Waals surface area contributed by atoms with Gasteiger partial charge in [-0.3, -0.25) is 4.79 Å². The van der Waals surface area contributed by atoms with Gasteiger partial charge in [-0.2, -0.15) is 0 Å². The fraction of sp³-hybridized carbons (Fsp3) is 0.912. The fourth-order valence-corrected chi connectivity index (χ4v) is 4.91. The van der Waals surface area contributed by atoms with E-state index in [9.17, 15) is 9.90 Å². The highest BCUT2D eigenvalue weighted by molar-refractivity contribution is 5.69. The first-order valence-corrected chi connectivity index (χ1v) is 16.7. The lowest BCUT2D eigenvalue weighted by Crippen LogP contribution is -2.05. The average molecular weight is 523 g/mol. The van der Waals surface area contributed by atoms with Crippen LogP contribution in [0.5, 0.6) is 0 Å². The summed E-state index contributed by atoms with van der Waals surface area (Å²) in [5.41, 5.74) is 0. The maximum atomic E-state index is 11.9. The van der Waals surface area contributed by atoms with Gasteiger partial charge in [0.1, 0.15) is 0 Å². The van der Waals surface area contributed by atoms with Crippen LogP contribution in [0.2, 0.25) is 0 Å². The molecule has 0 heterocycles. The van der Waals surface area contributed by atoms with E-state index < -0.39 is 0 Å². The molecule has 0 fully saturated rings. The summed E-state index contributed by atoms with van der Waals surface area (Å²) in [7, 11) is 0. The molecule has 0 aliphatic carbocycles. The molecular formula is C34H66O3. The number of rotatable bonds is 30. The van der Waals surface area contributed by atoms with Crippen molar-refractivity contribution in [3.8, 4) is 0 Å². The number of unbranched alkanes of at least 4 members (excludes halogenated alkanes) is 21. The summed E-state index contributed by atoms with van der Waals surface area (Å²) in [6.07, 6.45) is 37.1. The summed E-state index contributed by atoms with van der Waals surface area (Å²) in [5, 5.41) is 9.97. The molecule has 0 rings (SSSR count). The molecule has 0 aromatic carbocycles. The third-order valence-electron chi connectivity index (χ3n) is 7.48. The number of carbonyl (C=O) groups is 1. The molecule has 220 valence electrons. The zero-order valence-electron chi connectivity index (χ0n) is 25.3. The van der Waals surface area contributed by atoms with E-state index in [1.54, 1.807) is 0 Å². The maximum absolute atomic E-state index is 11.9. The Morgan fingerprint density at radius 3 is 1.62 bits per heavy atom. The molecule has 0 aliphatic heterocycles. The zero-order chi connectivity index (χ0) is 27.1. The van der Waals surface area contributed by atoms with Crippen LogP contribution in [0, 0.1) is 0 Å². The molecular weight excluding hydrogens is 456 g/mol. The molecule has 0 radical (unpaired) electrons. The van der Waals surface area contributed by atoms with Crippen molar-refractivity contribution < 1.29 is 14.6 Å². The van der Waals surface area contributed by atoms with Gasteiger partial charge in [0, 0.05) is 6.42 Å². The van der Waals surface area contributed by atoms with Gasteiger partial charge in [-0.25, -0.2) is 0 Å². The second-order valence-electron chi connectivity index (χ2n) is 11.3. The predicted molar refractivity (Wildman–Crippen MR) is 162 cm³/mol. The van der Waals surface area contributed by atoms with Crippen LogP contribution in [-0.2, 0) is 9.53 Å². The molecule has 0 bridgehead atoms. The van der Waals surface area contributed by atoms with Crippen molar-refractivity contribution in [3.05, 3.63) is 12.2 Å². The Morgan fingerprint density at radius 1 is 0.595 bits per heavy atom. The molecule has 0 aliphatic rings. The van der Waals surface area contributed by atoms with Gasteiger partial charge in [0.2, 0.25) is 0 Å². The Balaban J connectivity index is 3.26. The van der Waals surface area contributed by atoms with Crippen molar-refractivity contribution in [3.63, 3.8) is 0 Å². The van der Waals surface area contributed by atoms with Crippen molar-refractivity contribution in [2.24, 2.45) is 0 Å². The standard InChI is InChI=1S/C34H66O3/c1-3-5-7-9-10-11-12-13-14-15-18-21-24-28-32-37-34(36)31-27-23-20-17-16-19-22-26-30-33(35)29-25-8-6-4-2/h22,26,33,35H,3-21,23-25,27-32H2,1-2H3/b26-22+. The Hall–Kier alpha value is -0.830. The van der Waals surface area contributed by atoms with Crippen molar-refractivity contribution in [1.29, 1.82) is 0 Å². The van der Waals surface area contributed by atoms with Gasteiger partial charge < -0.3 is 9.84 Å². The van der Waals surface area contributed by atoms with Crippen molar-refractivity contribution in [2.75, 3.05) is 6.61 Å². The second-order valence-corrected chi connectivity index (χ2v) is 11.3. The number of aliphatic hydroxyl groups excluding tert-OH is 1. The predicted octanol–water partition coefficient (Wildman–Crippen LogP) is 11.0. The summed E-state index contributed by atoms with van der Waals surface area (Å²) in [4.78, 5) is 11.9. The van der Waals surface area contributed by atoms with Gasteiger partial charge >= 0.3 is 5.97 Å². The molecule has 0 aromatic rings. The minimum atomic E-state index is -0.165. The summed E-state index contributed by atoms with van der Waals surface area (Å²) >= 11 is 0. The summed E-state index contributed by atoms with van der Waals surface area (Å²) in [5.74, 6) is -0.00845. The van der Waals surface area contributed by atoms with Crippen LogP contribution in [0.3, 0.4) is 0 Å².